The van der Waals surface area contributed by atoms with E-state index in [4.69, 9.17) is 0 Å². The number of nitrogens with zero attached hydrogens (tertiary/aromatic N) is 2. The fourth-order valence-electron chi connectivity index (χ4n) is 3.89. The highest BCUT2D eigenvalue weighted by Gasteiger charge is 2.37. The molecule has 1 atom stereocenters. The van der Waals surface area contributed by atoms with Crippen LogP contribution >= 0.6 is 0 Å². The number of urea groups is 1. The second kappa shape index (κ2) is 7.91. The Kier molecular flexibility index (Phi) is 5.32. The van der Waals surface area contributed by atoms with Crippen LogP contribution in [0.25, 0.3) is 0 Å². The van der Waals surface area contributed by atoms with E-state index in [9.17, 15) is 18.0 Å². The van der Waals surface area contributed by atoms with Gasteiger partial charge in [0.15, 0.2) is 0 Å². The molecule has 2 aliphatic heterocycles. The molecule has 4 rings (SSSR count). The molecule has 0 aliphatic carbocycles. The van der Waals surface area contributed by atoms with E-state index in [0.717, 1.165) is 37.1 Å². The van der Waals surface area contributed by atoms with Crippen molar-refractivity contribution in [1.29, 1.82) is 0 Å². The average Bonchev–Trinajstić information content (AvgIpc) is 3.10. The van der Waals surface area contributed by atoms with Crippen molar-refractivity contribution in [3.8, 4) is 0 Å². The van der Waals surface area contributed by atoms with Crippen LogP contribution in [0.2, 0.25) is 0 Å². The number of alkyl halides is 3. The zero-order chi connectivity index (χ0) is 20.4. The zero-order valence-electron chi connectivity index (χ0n) is 15.8. The number of hydrogen-bond acceptors (Lipinski definition) is 2. The predicted octanol–water partition coefficient (Wildman–Crippen LogP) is 4.44. The highest BCUT2D eigenvalue weighted by Crippen LogP contribution is 2.32. The quantitative estimate of drug-likeness (QED) is 0.769. The molecule has 0 saturated carbocycles. The van der Waals surface area contributed by atoms with E-state index in [-0.39, 0.29) is 12.2 Å². The van der Waals surface area contributed by atoms with Gasteiger partial charge in [0, 0.05) is 25.3 Å². The summed E-state index contributed by atoms with van der Waals surface area (Å²) in [5.74, 6) is 0. The first-order valence-corrected chi connectivity index (χ1v) is 9.65. The maximum atomic E-state index is 13.0. The number of anilines is 1. The summed E-state index contributed by atoms with van der Waals surface area (Å²) in [7, 11) is 0. The number of hydrogen-bond donors (Lipinski definition) is 1. The average molecular weight is 401 g/mol. The minimum atomic E-state index is -4.39. The van der Waals surface area contributed by atoms with Crippen LogP contribution in [0.15, 0.2) is 66.2 Å². The molecule has 1 fully saturated rings. The fraction of sp³-hybridized carbons (Fsp3) is 0.318. The largest absolute Gasteiger partial charge is 0.416 e. The van der Waals surface area contributed by atoms with Gasteiger partial charge in [-0.2, -0.15) is 13.2 Å². The van der Waals surface area contributed by atoms with Crippen molar-refractivity contribution in [2.45, 2.75) is 25.2 Å². The van der Waals surface area contributed by atoms with Gasteiger partial charge in [-0.25, -0.2) is 4.79 Å². The summed E-state index contributed by atoms with van der Waals surface area (Å²) in [5.41, 5.74) is 2.09. The molecule has 2 heterocycles. The molecular formula is C22H22F3N3O. The number of benzene rings is 2. The second-order valence-electron chi connectivity index (χ2n) is 7.26. The number of rotatable bonds is 4. The first-order valence-electron chi connectivity index (χ1n) is 9.65. The lowest BCUT2D eigenvalue weighted by Crippen LogP contribution is -2.51. The lowest BCUT2D eigenvalue weighted by atomic mass is 9.98. The zero-order valence-corrected chi connectivity index (χ0v) is 15.8. The third kappa shape index (κ3) is 4.15. The fourth-order valence-corrected chi connectivity index (χ4v) is 3.89. The van der Waals surface area contributed by atoms with Crippen molar-refractivity contribution in [1.82, 2.24) is 10.2 Å². The molecule has 152 valence electrons. The lowest BCUT2D eigenvalue weighted by Gasteiger charge is -2.33. The van der Waals surface area contributed by atoms with Crippen molar-refractivity contribution >= 4 is 11.7 Å². The molecule has 0 radical (unpaired) electrons. The maximum Gasteiger partial charge on any atom is 0.416 e. The summed E-state index contributed by atoms with van der Waals surface area (Å²) >= 11 is 0. The summed E-state index contributed by atoms with van der Waals surface area (Å²) in [6, 6.07) is 14.7. The van der Waals surface area contributed by atoms with Crippen molar-refractivity contribution in [2.24, 2.45) is 0 Å². The van der Waals surface area contributed by atoms with Gasteiger partial charge in [-0.15, -0.1) is 0 Å². The van der Waals surface area contributed by atoms with Gasteiger partial charge in [-0.3, -0.25) is 10.2 Å². The third-order valence-electron chi connectivity index (χ3n) is 5.35. The van der Waals surface area contributed by atoms with Crippen LogP contribution in [-0.4, -0.2) is 36.7 Å². The van der Waals surface area contributed by atoms with Gasteiger partial charge in [0.25, 0.3) is 0 Å². The van der Waals surface area contributed by atoms with E-state index >= 15 is 0 Å². The molecule has 0 aromatic heterocycles. The molecule has 29 heavy (non-hydrogen) atoms. The normalized spacial score (nSPS) is 20.2. The van der Waals surface area contributed by atoms with Crippen LogP contribution in [0.5, 0.6) is 0 Å². The Morgan fingerprint density at radius 3 is 2.41 bits per heavy atom. The topological polar surface area (TPSA) is 35.6 Å². The monoisotopic (exact) mass is 401 g/mol. The van der Waals surface area contributed by atoms with Crippen molar-refractivity contribution < 1.29 is 18.0 Å². The maximum absolute atomic E-state index is 13.0. The van der Waals surface area contributed by atoms with Gasteiger partial charge < -0.3 is 4.90 Å². The first-order chi connectivity index (χ1) is 13.9. The van der Waals surface area contributed by atoms with Crippen LogP contribution in [0.1, 0.15) is 17.5 Å². The Hall–Kier alpha value is -2.80. The molecule has 1 N–H and O–H groups in total. The predicted molar refractivity (Wildman–Crippen MR) is 106 cm³/mol. The van der Waals surface area contributed by atoms with Crippen LogP contribution in [0, 0.1) is 0 Å². The molecule has 2 amide bonds. The van der Waals surface area contributed by atoms with Gasteiger partial charge >= 0.3 is 12.2 Å². The Balaban J connectivity index is 1.50. The summed E-state index contributed by atoms with van der Waals surface area (Å²) in [6.07, 6.45) is -0.743. The number of halogens is 3. The van der Waals surface area contributed by atoms with Gasteiger partial charge in [0.2, 0.25) is 0 Å². The number of carbonyl (C=O) groups excluding carboxylic acids is 1. The van der Waals surface area contributed by atoms with E-state index in [1.54, 1.807) is 4.90 Å². The summed E-state index contributed by atoms with van der Waals surface area (Å²) < 4.78 is 38.4. The number of carbonyl (C=O) groups is 1. The third-order valence-corrected chi connectivity index (χ3v) is 5.35. The highest BCUT2D eigenvalue weighted by molar-refractivity contribution is 5.94. The van der Waals surface area contributed by atoms with Crippen molar-refractivity contribution in [3.05, 3.63) is 77.4 Å². The second-order valence-corrected chi connectivity index (χ2v) is 7.26. The van der Waals surface area contributed by atoms with Gasteiger partial charge in [-0.05, 0) is 48.2 Å². The molecule has 7 heteroatoms. The van der Waals surface area contributed by atoms with Gasteiger partial charge in [0.1, 0.15) is 6.17 Å². The standard InChI is InChI=1S/C22H22F3N3O/c23-22(24,25)18-8-10-19(11-9-18)27-13-14-28(21(27)29)20-17(7-4-12-26-20)15-16-5-2-1-3-6-16/h1-3,5-11,20,26H,4,12-15H2. The summed E-state index contributed by atoms with van der Waals surface area (Å²) in [5, 5.41) is 3.42. The molecule has 0 bridgehead atoms. The summed E-state index contributed by atoms with van der Waals surface area (Å²) in [6.45, 7) is 1.75. The van der Waals surface area contributed by atoms with Gasteiger partial charge in [0.05, 0.1) is 5.56 Å². The van der Waals surface area contributed by atoms with E-state index in [2.05, 4.69) is 23.5 Å². The Labute approximate surface area is 167 Å². The van der Waals surface area contributed by atoms with Crippen molar-refractivity contribution in [3.63, 3.8) is 0 Å². The molecular weight excluding hydrogens is 379 g/mol. The molecule has 4 nitrogen and oxygen atoms in total. The first kappa shape index (κ1) is 19.5. The molecule has 2 aromatic rings. The molecule has 2 aromatic carbocycles. The minimum absolute atomic E-state index is 0.192. The van der Waals surface area contributed by atoms with Crippen LogP contribution in [0.4, 0.5) is 23.7 Å². The summed E-state index contributed by atoms with van der Waals surface area (Å²) in [4.78, 5) is 16.4. The molecule has 1 unspecified atom stereocenters. The van der Waals surface area contributed by atoms with Crippen LogP contribution in [-0.2, 0) is 12.6 Å². The van der Waals surface area contributed by atoms with E-state index < -0.39 is 11.7 Å². The lowest BCUT2D eigenvalue weighted by molar-refractivity contribution is -0.137. The number of nitrogens with one attached hydrogen (secondary N) is 1. The molecule has 0 spiro atoms. The smallest absolute Gasteiger partial charge is 0.303 e. The number of amides is 2. The van der Waals surface area contributed by atoms with Crippen LogP contribution < -0.4 is 10.2 Å². The van der Waals surface area contributed by atoms with E-state index in [1.807, 2.05) is 18.2 Å². The van der Waals surface area contributed by atoms with Crippen molar-refractivity contribution in [2.75, 3.05) is 24.5 Å². The van der Waals surface area contributed by atoms with Gasteiger partial charge in [-0.1, -0.05) is 36.4 Å². The Morgan fingerprint density at radius 2 is 1.72 bits per heavy atom. The van der Waals surface area contributed by atoms with E-state index in [1.165, 1.54) is 22.6 Å². The molecule has 2 aliphatic rings. The Morgan fingerprint density at radius 1 is 1.00 bits per heavy atom. The Bertz CT molecular complexity index is 894. The highest BCUT2D eigenvalue weighted by atomic mass is 19.4. The van der Waals surface area contributed by atoms with Crippen LogP contribution in [0.3, 0.4) is 0 Å². The van der Waals surface area contributed by atoms with E-state index in [0.29, 0.717) is 18.8 Å². The SMILES string of the molecule is O=C1N(c2ccc(C(F)(F)F)cc2)CCN1C1NCCC=C1Cc1ccccc1. The minimum Gasteiger partial charge on any atom is -0.303 e. The molecule has 1 saturated heterocycles.